The highest BCUT2D eigenvalue weighted by atomic mass is 32.2. The first-order chi connectivity index (χ1) is 7.29. The third-order valence-electron chi connectivity index (χ3n) is 1.55. The van der Waals surface area contributed by atoms with Crippen molar-refractivity contribution in [2.24, 2.45) is 0 Å². The van der Waals surface area contributed by atoms with E-state index in [9.17, 15) is 9.00 Å². The van der Waals surface area contributed by atoms with Crippen LogP contribution in [0.4, 0.5) is 0 Å². The monoisotopic (exact) mass is 243 g/mol. The third kappa shape index (κ3) is 3.71. The van der Waals surface area contributed by atoms with Crippen LogP contribution in [-0.2, 0) is 15.8 Å². The molecule has 1 atom stereocenters. The fraction of sp³-hybridized carbons (Fsp3) is 0.400. The number of esters is 1. The van der Waals surface area contributed by atoms with Gasteiger partial charge in [0.25, 0.3) is 0 Å². The van der Waals surface area contributed by atoms with Crippen molar-refractivity contribution < 1.29 is 18.3 Å². The van der Waals surface area contributed by atoms with Crippen LogP contribution in [-0.4, -0.2) is 25.3 Å². The van der Waals surface area contributed by atoms with Gasteiger partial charge in [0, 0.05) is 6.20 Å². The number of pyridine rings is 1. The minimum Gasteiger partial charge on any atom is -0.456 e. The summed E-state index contributed by atoms with van der Waals surface area (Å²) in [6.45, 7) is 5.28. The van der Waals surface area contributed by atoms with Crippen molar-refractivity contribution in [2.45, 2.75) is 31.4 Å². The third-order valence-corrected chi connectivity index (χ3v) is 2.15. The zero-order chi connectivity index (χ0) is 12.3. The van der Waals surface area contributed by atoms with E-state index in [1.54, 1.807) is 20.8 Å². The van der Waals surface area contributed by atoms with E-state index in [0.717, 1.165) is 0 Å². The normalized spacial score (nSPS) is 13.2. The lowest BCUT2D eigenvalue weighted by Crippen LogP contribution is -2.24. The Morgan fingerprint density at radius 1 is 1.44 bits per heavy atom. The van der Waals surface area contributed by atoms with Gasteiger partial charge in [-0.2, -0.15) is 0 Å². The average molecular weight is 243 g/mol. The van der Waals surface area contributed by atoms with Crippen LogP contribution in [0.25, 0.3) is 0 Å². The van der Waals surface area contributed by atoms with Crippen LogP contribution in [0.1, 0.15) is 31.1 Å². The maximum atomic E-state index is 11.5. The van der Waals surface area contributed by atoms with E-state index in [1.807, 2.05) is 0 Å². The zero-order valence-electron chi connectivity index (χ0n) is 9.26. The number of rotatable bonds is 2. The smallest absolute Gasteiger partial charge is 0.340 e. The number of hydrogen-bond acceptors (Lipinski definition) is 4. The van der Waals surface area contributed by atoms with Gasteiger partial charge in [-0.1, -0.05) is 0 Å². The van der Waals surface area contributed by atoms with Crippen molar-refractivity contribution in [3.05, 3.63) is 23.9 Å². The van der Waals surface area contributed by atoms with Gasteiger partial charge in [0.15, 0.2) is 5.03 Å². The minimum atomic E-state index is -2.13. The number of nitrogens with zero attached hydrogens (tertiary/aromatic N) is 1. The van der Waals surface area contributed by atoms with E-state index in [1.165, 1.54) is 18.3 Å². The van der Waals surface area contributed by atoms with Gasteiger partial charge >= 0.3 is 5.97 Å². The predicted octanol–water partition coefficient (Wildman–Crippen LogP) is 1.62. The second kappa shape index (κ2) is 4.71. The molecule has 5 nitrogen and oxygen atoms in total. The van der Waals surface area contributed by atoms with Gasteiger partial charge in [-0.05, 0) is 32.9 Å². The average Bonchev–Trinajstić information content (AvgIpc) is 2.15. The fourth-order valence-corrected chi connectivity index (χ4v) is 1.27. The highest BCUT2D eigenvalue weighted by Gasteiger charge is 2.18. The molecule has 1 heterocycles. The highest BCUT2D eigenvalue weighted by Crippen LogP contribution is 2.12. The summed E-state index contributed by atoms with van der Waals surface area (Å²) in [5, 5.41) is 0.00677. The van der Waals surface area contributed by atoms with Crippen LogP contribution < -0.4 is 0 Å². The molecule has 1 aromatic heterocycles. The molecule has 0 aliphatic heterocycles. The van der Waals surface area contributed by atoms with Crippen LogP contribution in [0.15, 0.2) is 23.4 Å². The Hall–Kier alpha value is -1.27. The second-order valence-electron chi connectivity index (χ2n) is 4.14. The summed E-state index contributed by atoms with van der Waals surface area (Å²) in [5.41, 5.74) is -0.320. The molecule has 1 rings (SSSR count). The molecule has 1 N–H and O–H groups in total. The summed E-state index contributed by atoms with van der Waals surface area (Å²) < 4.78 is 24.5. The van der Waals surface area contributed by atoms with Crippen molar-refractivity contribution in [1.29, 1.82) is 0 Å². The van der Waals surface area contributed by atoms with Gasteiger partial charge < -0.3 is 9.29 Å². The largest absolute Gasteiger partial charge is 0.456 e. The standard InChI is InChI=1S/C10H13NO4S/c1-10(2,3)15-9(12)7-4-5-8(11-6-7)16(13)14/h4-6H,1-3H3,(H,13,14). The quantitative estimate of drug-likeness (QED) is 0.631. The van der Waals surface area contributed by atoms with Crippen molar-refractivity contribution in [2.75, 3.05) is 0 Å². The molecule has 0 saturated carbocycles. The van der Waals surface area contributed by atoms with Gasteiger partial charge in [-0.15, -0.1) is 0 Å². The Kier molecular flexibility index (Phi) is 3.77. The van der Waals surface area contributed by atoms with E-state index in [0.29, 0.717) is 0 Å². The maximum absolute atomic E-state index is 11.5. The lowest BCUT2D eigenvalue weighted by molar-refractivity contribution is 0.00689. The van der Waals surface area contributed by atoms with Gasteiger partial charge in [-0.3, -0.25) is 0 Å². The number of ether oxygens (including phenoxy) is 1. The van der Waals surface area contributed by atoms with Gasteiger partial charge in [-0.25, -0.2) is 14.0 Å². The Labute approximate surface area is 96.1 Å². The summed E-state index contributed by atoms with van der Waals surface area (Å²) in [4.78, 5) is 15.2. The Morgan fingerprint density at radius 3 is 2.44 bits per heavy atom. The molecule has 6 heteroatoms. The first-order valence-corrected chi connectivity index (χ1v) is 5.70. The Morgan fingerprint density at radius 2 is 2.06 bits per heavy atom. The summed E-state index contributed by atoms with van der Waals surface area (Å²) in [5.74, 6) is -0.504. The molecule has 0 bridgehead atoms. The number of carbonyl (C=O) groups is 1. The van der Waals surface area contributed by atoms with E-state index in [-0.39, 0.29) is 10.6 Å². The van der Waals surface area contributed by atoms with E-state index in [4.69, 9.17) is 9.29 Å². The van der Waals surface area contributed by atoms with Crippen LogP contribution in [0.3, 0.4) is 0 Å². The number of hydrogen-bond donors (Lipinski definition) is 1. The molecule has 0 fully saturated rings. The maximum Gasteiger partial charge on any atom is 0.340 e. The molecule has 88 valence electrons. The lowest BCUT2D eigenvalue weighted by Gasteiger charge is -2.19. The second-order valence-corrected chi connectivity index (χ2v) is 5.05. The van der Waals surface area contributed by atoms with Crippen LogP contribution in [0.2, 0.25) is 0 Å². The van der Waals surface area contributed by atoms with Crippen LogP contribution in [0.5, 0.6) is 0 Å². The SMILES string of the molecule is CC(C)(C)OC(=O)c1ccc(S(=O)O)nc1. The van der Waals surface area contributed by atoms with Crippen molar-refractivity contribution in [3.63, 3.8) is 0 Å². The van der Waals surface area contributed by atoms with Gasteiger partial charge in [0.2, 0.25) is 11.1 Å². The zero-order valence-corrected chi connectivity index (χ0v) is 10.1. The molecule has 0 aliphatic rings. The molecule has 0 aromatic carbocycles. The van der Waals surface area contributed by atoms with Crippen LogP contribution >= 0.6 is 0 Å². The minimum absolute atomic E-state index is 0.00677. The summed E-state index contributed by atoms with van der Waals surface area (Å²) in [6.07, 6.45) is 1.22. The molecule has 0 saturated heterocycles. The fourth-order valence-electron chi connectivity index (χ4n) is 0.941. The summed E-state index contributed by atoms with van der Waals surface area (Å²) in [6, 6.07) is 2.72. The van der Waals surface area contributed by atoms with Crippen LogP contribution in [0, 0.1) is 0 Å². The molecule has 16 heavy (non-hydrogen) atoms. The number of carbonyl (C=O) groups excluding carboxylic acids is 1. The van der Waals surface area contributed by atoms with Gasteiger partial charge in [0.1, 0.15) is 5.60 Å². The molecule has 0 spiro atoms. The summed E-state index contributed by atoms with van der Waals surface area (Å²) >= 11 is -2.13. The van der Waals surface area contributed by atoms with Crippen molar-refractivity contribution >= 4 is 17.0 Å². The molecule has 0 radical (unpaired) electrons. The number of aromatic nitrogens is 1. The molecular weight excluding hydrogens is 230 g/mol. The lowest BCUT2D eigenvalue weighted by atomic mass is 10.2. The first kappa shape index (κ1) is 12.8. The van der Waals surface area contributed by atoms with Crippen molar-refractivity contribution in [1.82, 2.24) is 4.98 Å². The molecule has 0 aliphatic carbocycles. The topological polar surface area (TPSA) is 76.5 Å². The Balaban J connectivity index is 2.82. The predicted molar refractivity (Wildman–Crippen MR) is 58.4 cm³/mol. The highest BCUT2D eigenvalue weighted by molar-refractivity contribution is 7.79. The molecular formula is C10H13NO4S. The Bertz CT molecular complexity index is 408. The van der Waals surface area contributed by atoms with E-state index < -0.39 is 22.7 Å². The van der Waals surface area contributed by atoms with E-state index >= 15 is 0 Å². The summed E-state index contributed by atoms with van der Waals surface area (Å²) in [7, 11) is 0. The van der Waals surface area contributed by atoms with Gasteiger partial charge in [0.05, 0.1) is 5.56 Å². The molecule has 1 unspecified atom stereocenters. The van der Waals surface area contributed by atoms with Crippen molar-refractivity contribution in [3.8, 4) is 0 Å². The molecule has 1 aromatic rings. The van der Waals surface area contributed by atoms with E-state index in [2.05, 4.69) is 4.98 Å². The molecule has 0 amide bonds. The first-order valence-electron chi connectivity index (χ1n) is 4.60.